The van der Waals surface area contributed by atoms with Crippen LogP contribution in [0.5, 0.6) is 11.5 Å². The number of carbonyl (C=O) groups is 2. The van der Waals surface area contributed by atoms with Crippen molar-refractivity contribution in [3.05, 3.63) is 23.8 Å². The van der Waals surface area contributed by atoms with Crippen LogP contribution in [0.2, 0.25) is 0 Å². The van der Waals surface area contributed by atoms with Gasteiger partial charge in [-0.05, 0) is 49.8 Å². The zero-order valence-electron chi connectivity index (χ0n) is 16.8. The molecule has 1 atom stereocenters. The Hall–Kier alpha value is -2.28. The Bertz CT molecular complexity index is 701. The SMILES string of the molecule is COc1ccc(CCN2CC(C(=O)NC3CCC(N)CC3)CC2=O)cc1OC. The van der Waals surface area contributed by atoms with Crippen LogP contribution >= 0.6 is 0 Å². The first kappa shape index (κ1) is 20.5. The summed E-state index contributed by atoms with van der Waals surface area (Å²) in [7, 11) is 3.21. The first-order valence-electron chi connectivity index (χ1n) is 10.0. The fourth-order valence-electron chi connectivity index (χ4n) is 4.05. The van der Waals surface area contributed by atoms with Crippen molar-refractivity contribution in [3.8, 4) is 11.5 Å². The zero-order chi connectivity index (χ0) is 20.1. The average Bonchev–Trinajstić information content (AvgIpc) is 3.08. The van der Waals surface area contributed by atoms with E-state index in [1.54, 1.807) is 19.1 Å². The quantitative estimate of drug-likeness (QED) is 0.737. The number of benzene rings is 1. The summed E-state index contributed by atoms with van der Waals surface area (Å²) in [6.07, 6.45) is 4.76. The molecule has 7 heteroatoms. The highest BCUT2D eigenvalue weighted by atomic mass is 16.5. The predicted molar refractivity (Wildman–Crippen MR) is 106 cm³/mol. The Morgan fingerprint density at radius 2 is 1.89 bits per heavy atom. The molecule has 1 saturated carbocycles. The van der Waals surface area contributed by atoms with Gasteiger partial charge in [0.25, 0.3) is 0 Å². The summed E-state index contributed by atoms with van der Waals surface area (Å²) in [5.74, 6) is 1.16. The van der Waals surface area contributed by atoms with Gasteiger partial charge in [-0.15, -0.1) is 0 Å². The molecule has 154 valence electrons. The maximum Gasteiger partial charge on any atom is 0.225 e. The number of nitrogens with zero attached hydrogens (tertiary/aromatic N) is 1. The number of hydrogen-bond donors (Lipinski definition) is 2. The Morgan fingerprint density at radius 1 is 1.18 bits per heavy atom. The summed E-state index contributed by atoms with van der Waals surface area (Å²) in [6.45, 7) is 1.08. The van der Waals surface area contributed by atoms with Crippen LogP contribution in [0.15, 0.2) is 18.2 Å². The van der Waals surface area contributed by atoms with Gasteiger partial charge in [0.05, 0.1) is 20.1 Å². The smallest absolute Gasteiger partial charge is 0.225 e. The lowest BCUT2D eigenvalue weighted by atomic mass is 9.91. The van der Waals surface area contributed by atoms with Crippen molar-refractivity contribution < 1.29 is 19.1 Å². The molecule has 3 N–H and O–H groups in total. The lowest BCUT2D eigenvalue weighted by Gasteiger charge is -2.27. The molecule has 28 heavy (non-hydrogen) atoms. The molecule has 2 aliphatic rings. The molecule has 1 aliphatic heterocycles. The third-order valence-electron chi connectivity index (χ3n) is 5.82. The third kappa shape index (κ3) is 4.95. The van der Waals surface area contributed by atoms with Crippen LogP contribution in [0.25, 0.3) is 0 Å². The number of amides is 2. The third-order valence-corrected chi connectivity index (χ3v) is 5.82. The van der Waals surface area contributed by atoms with Crippen molar-refractivity contribution in [2.45, 2.75) is 50.6 Å². The summed E-state index contributed by atoms with van der Waals surface area (Å²) in [6, 6.07) is 6.22. The van der Waals surface area contributed by atoms with E-state index in [0.29, 0.717) is 37.4 Å². The molecule has 1 aliphatic carbocycles. The normalized spacial score (nSPS) is 24.9. The van der Waals surface area contributed by atoms with E-state index < -0.39 is 0 Å². The van der Waals surface area contributed by atoms with E-state index in [1.807, 2.05) is 18.2 Å². The zero-order valence-corrected chi connectivity index (χ0v) is 16.8. The second-order valence-corrected chi connectivity index (χ2v) is 7.80. The van der Waals surface area contributed by atoms with E-state index in [-0.39, 0.29) is 29.8 Å². The molecule has 1 aromatic carbocycles. The van der Waals surface area contributed by atoms with Crippen LogP contribution in [0.4, 0.5) is 0 Å². The Balaban J connectivity index is 1.50. The number of nitrogens with one attached hydrogen (secondary N) is 1. The molecule has 1 unspecified atom stereocenters. The Labute approximate surface area is 166 Å². The van der Waals surface area contributed by atoms with Crippen molar-refractivity contribution in [1.29, 1.82) is 0 Å². The van der Waals surface area contributed by atoms with E-state index in [1.165, 1.54) is 0 Å². The Kier molecular flexibility index (Phi) is 6.78. The molecular weight excluding hydrogens is 358 g/mol. The van der Waals surface area contributed by atoms with E-state index >= 15 is 0 Å². The van der Waals surface area contributed by atoms with Crippen molar-refractivity contribution in [2.24, 2.45) is 11.7 Å². The van der Waals surface area contributed by atoms with Crippen LogP contribution < -0.4 is 20.5 Å². The van der Waals surface area contributed by atoms with Gasteiger partial charge in [-0.2, -0.15) is 0 Å². The molecule has 0 bridgehead atoms. The number of carbonyl (C=O) groups excluding carboxylic acids is 2. The highest BCUT2D eigenvalue weighted by Gasteiger charge is 2.35. The first-order valence-corrected chi connectivity index (χ1v) is 10.0. The van der Waals surface area contributed by atoms with Gasteiger partial charge in [0.1, 0.15) is 0 Å². The number of likely N-dealkylation sites (tertiary alicyclic amines) is 1. The fraction of sp³-hybridized carbons (Fsp3) is 0.619. The topological polar surface area (TPSA) is 93.9 Å². The van der Waals surface area contributed by atoms with Crippen molar-refractivity contribution in [1.82, 2.24) is 10.2 Å². The Morgan fingerprint density at radius 3 is 2.57 bits per heavy atom. The van der Waals surface area contributed by atoms with E-state index in [2.05, 4.69) is 5.32 Å². The largest absolute Gasteiger partial charge is 0.493 e. The molecule has 1 saturated heterocycles. The van der Waals surface area contributed by atoms with Crippen LogP contribution in [-0.2, 0) is 16.0 Å². The lowest BCUT2D eigenvalue weighted by molar-refractivity contribution is -0.129. The standard InChI is InChI=1S/C21H31N3O4/c1-27-18-8-3-14(11-19(18)28-2)9-10-24-13-15(12-20(24)25)21(26)23-17-6-4-16(22)5-7-17/h3,8,11,15-17H,4-7,9-10,12-13,22H2,1-2H3,(H,23,26). The minimum atomic E-state index is -0.256. The molecule has 1 aromatic rings. The molecular formula is C21H31N3O4. The molecule has 7 nitrogen and oxygen atoms in total. The molecule has 1 heterocycles. The van der Waals surface area contributed by atoms with Gasteiger partial charge in [0, 0.05) is 31.6 Å². The number of methoxy groups -OCH3 is 2. The second kappa shape index (κ2) is 9.28. The van der Waals surface area contributed by atoms with Gasteiger partial charge >= 0.3 is 0 Å². The average molecular weight is 389 g/mol. The fourth-order valence-corrected chi connectivity index (χ4v) is 4.05. The van der Waals surface area contributed by atoms with Crippen LogP contribution in [-0.4, -0.2) is 56.1 Å². The van der Waals surface area contributed by atoms with Crippen molar-refractivity contribution in [3.63, 3.8) is 0 Å². The monoisotopic (exact) mass is 389 g/mol. The lowest BCUT2D eigenvalue weighted by Crippen LogP contribution is -2.43. The van der Waals surface area contributed by atoms with Gasteiger partial charge in [-0.25, -0.2) is 0 Å². The minimum absolute atomic E-state index is 0.00226. The number of ether oxygens (including phenoxy) is 2. The molecule has 0 spiro atoms. The molecule has 0 radical (unpaired) electrons. The highest BCUT2D eigenvalue weighted by molar-refractivity contribution is 5.89. The number of rotatable bonds is 7. The first-order chi connectivity index (χ1) is 13.5. The molecule has 2 fully saturated rings. The van der Waals surface area contributed by atoms with Crippen LogP contribution in [0.3, 0.4) is 0 Å². The van der Waals surface area contributed by atoms with Gasteiger partial charge < -0.3 is 25.4 Å². The van der Waals surface area contributed by atoms with E-state index in [4.69, 9.17) is 15.2 Å². The predicted octanol–water partition coefficient (Wildman–Crippen LogP) is 1.48. The summed E-state index contributed by atoms with van der Waals surface area (Å²) in [5.41, 5.74) is 6.99. The van der Waals surface area contributed by atoms with E-state index in [0.717, 1.165) is 31.2 Å². The summed E-state index contributed by atoms with van der Waals surface area (Å²) in [4.78, 5) is 26.7. The maximum absolute atomic E-state index is 12.6. The van der Waals surface area contributed by atoms with Gasteiger partial charge in [0.15, 0.2) is 11.5 Å². The van der Waals surface area contributed by atoms with Gasteiger partial charge in [-0.3, -0.25) is 9.59 Å². The summed E-state index contributed by atoms with van der Waals surface area (Å²) >= 11 is 0. The summed E-state index contributed by atoms with van der Waals surface area (Å²) in [5, 5.41) is 3.12. The van der Waals surface area contributed by atoms with Crippen LogP contribution in [0, 0.1) is 5.92 Å². The van der Waals surface area contributed by atoms with Crippen molar-refractivity contribution >= 4 is 11.8 Å². The van der Waals surface area contributed by atoms with Gasteiger partial charge in [0.2, 0.25) is 11.8 Å². The molecule has 0 aromatic heterocycles. The van der Waals surface area contributed by atoms with E-state index in [9.17, 15) is 9.59 Å². The number of hydrogen-bond acceptors (Lipinski definition) is 5. The van der Waals surface area contributed by atoms with Gasteiger partial charge in [-0.1, -0.05) is 6.07 Å². The molecule has 3 rings (SSSR count). The molecule has 2 amide bonds. The van der Waals surface area contributed by atoms with Crippen LogP contribution in [0.1, 0.15) is 37.7 Å². The second-order valence-electron chi connectivity index (χ2n) is 7.80. The summed E-state index contributed by atoms with van der Waals surface area (Å²) < 4.78 is 10.6. The highest BCUT2D eigenvalue weighted by Crippen LogP contribution is 2.28. The minimum Gasteiger partial charge on any atom is -0.493 e. The maximum atomic E-state index is 12.6. The van der Waals surface area contributed by atoms with Crippen molar-refractivity contribution in [2.75, 3.05) is 27.3 Å². The number of nitrogens with two attached hydrogens (primary N) is 1.